The third kappa shape index (κ3) is 4.09. The highest BCUT2D eigenvalue weighted by molar-refractivity contribution is 5.88. The van der Waals surface area contributed by atoms with Gasteiger partial charge in [-0.15, -0.1) is 0 Å². The van der Waals surface area contributed by atoms with Gasteiger partial charge in [-0.05, 0) is 37.0 Å². The maximum absolute atomic E-state index is 11.9. The first-order valence-electron chi connectivity index (χ1n) is 6.79. The SMILES string of the molecule is CC(=O)Nc1ccc(CCC(=O)N2CCCC2)cc1. The van der Waals surface area contributed by atoms with Crippen LogP contribution < -0.4 is 5.32 Å². The lowest BCUT2D eigenvalue weighted by Gasteiger charge is -2.14. The van der Waals surface area contributed by atoms with Crippen molar-refractivity contribution in [1.82, 2.24) is 4.90 Å². The van der Waals surface area contributed by atoms with Gasteiger partial charge >= 0.3 is 0 Å². The third-order valence-electron chi connectivity index (χ3n) is 3.36. The van der Waals surface area contributed by atoms with Gasteiger partial charge in [0.15, 0.2) is 0 Å². The van der Waals surface area contributed by atoms with Gasteiger partial charge < -0.3 is 10.2 Å². The smallest absolute Gasteiger partial charge is 0.222 e. The van der Waals surface area contributed by atoms with Crippen molar-refractivity contribution in [3.05, 3.63) is 29.8 Å². The molecule has 2 amide bonds. The van der Waals surface area contributed by atoms with Crippen LogP contribution in [0.2, 0.25) is 0 Å². The van der Waals surface area contributed by atoms with E-state index in [1.165, 1.54) is 6.92 Å². The normalized spacial score (nSPS) is 14.5. The minimum absolute atomic E-state index is 0.0723. The summed E-state index contributed by atoms with van der Waals surface area (Å²) in [6.07, 6.45) is 3.60. The summed E-state index contributed by atoms with van der Waals surface area (Å²) in [5.74, 6) is 0.181. The van der Waals surface area contributed by atoms with Crippen LogP contribution in [0, 0.1) is 0 Å². The average Bonchev–Trinajstić information content (AvgIpc) is 2.91. The Bertz CT molecular complexity index is 448. The number of amides is 2. The standard InChI is InChI=1S/C15H20N2O2/c1-12(18)16-14-7-4-13(5-8-14)6-9-15(19)17-10-2-3-11-17/h4-5,7-8H,2-3,6,9-11H2,1H3,(H,16,18). The van der Waals surface area contributed by atoms with Crippen LogP contribution in [-0.2, 0) is 16.0 Å². The number of anilines is 1. The quantitative estimate of drug-likeness (QED) is 0.902. The summed E-state index contributed by atoms with van der Waals surface area (Å²) in [6.45, 7) is 3.32. The van der Waals surface area contributed by atoms with E-state index in [1.807, 2.05) is 29.2 Å². The van der Waals surface area contributed by atoms with Crippen molar-refractivity contribution >= 4 is 17.5 Å². The van der Waals surface area contributed by atoms with E-state index >= 15 is 0 Å². The molecular formula is C15H20N2O2. The number of nitrogens with one attached hydrogen (secondary N) is 1. The number of nitrogens with zero attached hydrogens (tertiary/aromatic N) is 1. The molecule has 0 unspecified atom stereocenters. The minimum Gasteiger partial charge on any atom is -0.343 e. The van der Waals surface area contributed by atoms with E-state index in [-0.39, 0.29) is 11.8 Å². The number of likely N-dealkylation sites (tertiary alicyclic amines) is 1. The molecule has 0 aromatic heterocycles. The van der Waals surface area contributed by atoms with Crippen molar-refractivity contribution in [1.29, 1.82) is 0 Å². The van der Waals surface area contributed by atoms with E-state index in [9.17, 15) is 9.59 Å². The molecule has 1 aliphatic heterocycles. The lowest BCUT2D eigenvalue weighted by molar-refractivity contribution is -0.130. The van der Waals surface area contributed by atoms with E-state index in [0.29, 0.717) is 6.42 Å². The molecule has 19 heavy (non-hydrogen) atoms. The van der Waals surface area contributed by atoms with Crippen LogP contribution in [-0.4, -0.2) is 29.8 Å². The Hall–Kier alpha value is -1.84. The molecule has 0 spiro atoms. The van der Waals surface area contributed by atoms with Crippen molar-refractivity contribution < 1.29 is 9.59 Å². The monoisotopic (exact) mass is 260 g/mol. The summed E-state index contributed by atoms with van der Waals surface area (Å²) in [6, 6.07) is 7.67. The van der Waals surface area contributed by atoms with Crippen molar-refractivity contribution in [2.24, 2.45) is 0 Å². The molecule has 2 rings (SSSR count). The maximum atomic E-state index is 11.9. The van der Waals surface area contributed by atoms with Gasteiger partial charge in [0.1, 0.15) is 0 Å². The van der Waals surface area contributed by atoms with Crippen molar-refractivity contribution in [3.8, 4) is 0 Å². The van der Waals surface area contributed by atoms with E-state index in [0.717, 1.165) is 43.6 Å². The van der Waals surface area contributed by atoms with Crippen LogP contribution in [0.5, 0.6) is 0 Å². The summed E-state index contributed by atoms with van der Waals surface area (Å²) in [4.78, 5) is 24.7. The molecule has 4 heteroatoms. The number of hydrogen-bond acceptors (Lipinski definition) is 2. The second-order valence-corrected chi connectivity index (χ2v) is 4.97. The van der Waals surface area contributed by atoms with E-state index in [2.05, 4.69) is 5.32 Å². The Morgan fingerprint density at radius 1 is 1.16 bits per heavy atom. The van der Waals surface area contributed by atoms with Gasteiger partial charge in [-0.2, -0.15) is 0 Å². The molecule has 0 bridgehead atoms. The fourth-order valence-corrected chi connectivity index (χ4v) is 2.33. The molecule has 1 fully saturated rings. The Kier molecular flexibility index (Phi) is 4.55. The van der Waals surface area contributed by atoms with Gasteiger partial charge in [-0.3, -0.25) is 9.59 Å². The van der Waals surface area contributed by atoms with E-state index in [4.69, 9.17) is 0 Å². The zero-order chi connectivity index (χ0) is 13.7. The van der Waals surface area contributed by atoms with Crippen LogP contribution in [0.3, 0.4) is 0 Å². The molecule has 0 atom stereocenters. The highest BCUT2D eigenvalue weighted by atomic mass is 16.2. The molecule has 4 nitrogen and oxygen atoms in total. The first kappa shape index (κ1) is 13.6. The number of carbonyl (C=O) groups excluding carboxylic acids is 2. The predicted octanol–water partition coefficient (Wildman–Crippen LogP) is 2.20. The van der Waals surface area contributed by atoms with Gasteiger partial charge in [-0.1, -0.05) is 12.1 Å². The molecule has 1 aliphatic rings. The van der Waals surface area contributed by atoms with E-state index < -0.39 is 0 Å². The number of benzene rings is 1. The molecule has 0 saturated carbocycles. The number of carbonyl (C=O) groups is 2. The van der Waals surface area contributed by atoms with Gasteiger partial charge in [-0.25, -0.2) is 0 Å². The van der Waals surface area contributed by atoms with Crippen molar-refractivity contribution in [2.75, 3.05) is 18.4 Å². The topological polar surface area (TPSA) is 49.4 Å². The summed E-state index contributed by atoms with van der Waals surface area (Å²) < 4.78 is 0. The van der Waals surface area contributed by atoms with Gasteiger partial charge in [0.25, 0.3) is 0 Å². The summed E-state index contributed by atoms with van der Waals surface area (Å²) in [5.41, 5.74) is 1.92. The second kappa shape index (κ2) is 6.36. The molecular weight excluding hydrogens is 240 g/mol. The van der Waals surface area contributed by atoms with Crippen molar-refractivity contribution in [3.63, 3.8) is 0 Å². The number of hydrogen-bond donors (Lipinski definition) is 1. The lowest BCUT2D eigenvalue weighted by atomic mass is 10.1. The zero-order valence-electron chi connectivity index (χ0n) is 11.3. The molecule has 1 aromatic rings. The van der Waals surface area contributed by atoms with Crippen LogP contribution >= 0.6 is 0 Å². The highest BCUT2D eigenvalue weighted by Crippen LogP contribution is 2.13. The molecule has 0 radical (unpaired) electrons. The predicted molar refractivity (Wildman–Crippen MR) is 74.9 cm³/mol. The fourth-order valence-electron chi connectivity index (χ4n) is 2.33. The molecule has 102 valence electrons. The third-order valence-corrected chi connectivity index (χ3v) is 3.36. The number of rotatable bonds is 4. The van der Waals surface area contributed by atoms with E-state index in [1.54, 1.807) is 0 Å². The summed E-state index contributed by atoms with van der Waals surface area (Å²) in [5, 5.41) is 2.73. The molecule has 1 N–H and O–H groups in total. The minimum atomic E-state index is -0.0723. The number of aryl methyl sites for hydroxylation is 1. The fraction of sp³-hybridized carbons (Fsp3) is 0.467. The van der Waals surface area contributed by atoms with Gasteiger partial charge in [0, 0.05) is 32.1 Å². The van der Waals surface area contributed by atoms with Gasteiger partial charge in [0.2, 0.25) is 11.8 Å². The van der Waals surface area contributed by atoms with Gasteiger partial charge in [0.05, 0.1) is 0 Å². The largest absolute Gasteiger partial charge is 0.343 e. The van der Waals surface area contributed by atoms with Crippen LogP contribution in [0.1, 0.15) is 31.7 Å². The summed E-state index contributed by atoms with van der Waals surface area (Å²) in [7, 11) is 0. The van der Waals surface area contributed by atoms with Crippen LogP contribution in [0.4, 0.5) is 5.69 Å². The maximum Gasteiger partial charge on any atom is 0.222 e. The highest BCUT2D eigenvalue weighted by Gasteiger charge is 2.17. The molecule has 0 aliphatic carbocycles. The Labute approximate surface area is 113 Å². The Morgan fingerprint density at radius 3 is 2.37 bits per heavy atom. The second-order valence-electron chi connectivity index (χ2n) is 4.97. The first-order chi connectivity index (χ1) is 9.15. The Morgan fingerprint density at radius 2 is 1.79 bits per heavy atom. The Balaban J connectivity index is 1.82. The summed E-state index contributed by atoms with van der Waals surface area (Å²) >= 11 is 0. The van der Waals surface area contributed by atoms with Crippen LogP contribution in [0.15, 0.2) is 24.3 Å². The molecule has 1 heterocycles. The first-order valence-corrected chi connectivity index (χ1v) is 6.79. The average molecular weight is 260 g/mol. The lowest BCUT2D eigenvalue weighted by Crippen LogP contribution is -2.27. The van der Waals surface area contributed by atoms with Crippen molar-refractivity contribution in [2.45, 2.75) is 32.6 Å². The molecule has 1 aromatic carbocycles. The zero-order valence-corrected chi connectivity index (χ0v) is 11.3. The molecule has 1 saturated heterocycles. The van der Waals surface area contributed by atoms with Crippen LogP contribution in [0.25, 0.3) is 0 Å².